The van der Waals surface area contributed by atoms with Crippen LogP contribution in [0.15, 0.2) is 89.1 Å². The molecule has 0 fully saturated rings. The van der Waals surface area contributed by atoms with Gasteiger partial charge in [0.15, 0.2) is 0 Å². The molecular formula is C26H20F2N4O2. The number of halogens is 2. The van der Waals surface area contributed by atoms with E-state index in [4.69, 9.17) is 4.52 Å². The zero-order valence-electron chi connectivity index (χ0n) is 18.2. The van der Waals surface area contributed by atoms with E-state index in [2.05, 4.69) is 15.5 Å². The summed E-state index contributed by atoms with van der Waals surface area (Å²) in [4.78, 5) is 19.2. The molecule has 0 spiro atoms. The summed E-state index contributed by atoms with van der Waals surface area (Å²) in [6.45, 7) is 2.11. The molecule has 1 unspecified atom stereocenters. The van der Waals surface area contributed by atoms with E-state index in [0.29, 0.717) is 28.9 Å². The summed E-state index contributed by atoms with van der Waals surface area (Å²) in [5.41, 5.74) is 3.06. The van der Waals surface area contributed by atoms with Gasteiger partial charge in [-0.1, -0.05) is 59.8 Å². The van der Waals surface area contributed by atoms with E-state index in [-0.39, 0.29) is 17.7 Å². The predicted octanol–water partition coefficient (Wildman–Crippen LogP) is 5.71. The minimum absolute atomic E-state index is 0.157. The first-order valence-corrected chi connectivity index (χ1v) is 10.7. The molecule has 1 atom stereocenters. The van der Waals surface area contributed by atoms with Crippen LogP contribution in [-0.4, -0.2) is 21.1 Å². The summed E-state index contributed by atoms with van der Waals surface area (Å²) < 4.78 is 33.3. The van der Waals surface area contributed by atoms with Crippen molar-refractivity contribution in [3.63, 3.8) is 0 Å². The van der Waals surface area contributed by atoms with Gasteiger partial charge in [0, 0.05) is 11.3 Å². The third-order valence-corrected chi connectivity index (χ3v) is 5.70. The minimum Gasteiger partial charge on any atom is -0.334 e. The maximum absolute atomic E-state index is 14.0. The molecule has 4 aromatic rings. The van der Waals surface area contributed by atoms with Gasteiger partial charge in [0.1, 0.15) is 11.6 Å². The Bertz CT molecular complexity index is 1380. The number of carbonyl (C=O) groups is 1. The summed E-state index contributed by atoms with van der Waals surface area (Å²) in [7, 11) is 0. The monoisotopic (exact) mass is 458 g/mol. The number of benzene rings is 3. The predicted molar refractivity (Wildman–Crippen MR) is 122 cm³/mol. The highest BCUT2D eigenvalue weighted by Gasteiger charge is 2.36. The van der Waals surface area contributed by atoms with E-state index in [9.17, 15) is 13.6 Å². The molecule has 5 rings (SSSR count). The van der Waals surface area contributed by atoms with Crippen LogP contribution in [-0.2, 0) is 6.54 Å². The fourth-order valence-electron chi connectivity index (χ4n) is 4.03. The second-order valence-electron chi connectivity index (χ2n) is 7.94. The fraction of sp³-hybridized carbons (Fsp3) is 0.115. The summed E-state index contributed by atoms with van der Waals surface area (Å²) >= 11 is 0. The van der Waals surface area contributed by atoms with Crippen LogP contribution in [0.4, 0.5) is 13.6 Å². The zero-order chi connectivity index (χ0) is 23.7. The maximum Gasteiger partial charge on any atom is 0.322 e. The number of hydrogen-bond acceptors (Lipinski definition) is 4. The van der Waals surface area contributed by atoms with Crippen molar-refractivity contribution >= 4 is 11.6 Å². The third-order valence-electron chi connectivity index (χ3n) is 5.70. The Labute approximate surface area is 194 Å². The molecule has 0 bridgehead atoms. The molecule has 0 radical (unpaired) electrons. The van der Waals surface area contributed by atoms with Crippen molar-refractivity contribution in [1.82, 2.24) is 20.4 Å². The highest BCUT2D eigenvalue weighted by molar-refractivity contribution is 5.86. The number of allylic oxidation sites excluding steroid dienone is 1. The van der Waals surface area contributed by atoms with Gasteiger partial charge >= 0.3 is 6.03 Å². The van der Waals surface area contributed by atoms with E-state index >= 15 is 0 Å². The molecule has 170 valence electrons. The zero-order valence-corrected chi connectivity index (χ0v) is 18.2. The number of nitrogens with one attached hydrogen (secondary N) is 1. The minimum atomic E-state index is -0.712. The van der Waals surface area contributed by atoms with Crippen LogP contribution in [0, 0.1) is 11.6 Å². The van der Waals surface area contributed by atoms with Crippen LogP contribution < -0.4 is 5.32 Å². The van der Waals surface area contributed by atoms with Gasteiger partial charge in [0.05, 0.1) is 18.2 Å². The number of hydrogen-bond donors (Lipinski definition) is 1. The smallest absolute Gasteiger partial charge is 0.322 e. The van der Waals surface area contributed by atoms with E-state index in [0.717, 1.165) is 5.56 Å². The lowest BCUT2D eigenvalue weighted by atomic mass is 9.94. The lowest BCUT2D eigenvalue weighted by Gasteiger charge is -2.35. The standard InChI is InChI=1S/C26H20F2N4O2/c1-16-22(25-30-24(31-34-25)19-10-6-12-21(28)14-19)23(18-9-5-11-20(27)13-18)29-26(33)32(16)15-17-7-3-2-4-8-17/h2-14,23H,15H2,1H3,(H,29,33). The summed E-state index contributed by atoms with van der Waals surface area (Å²) in [6, 6.07) is 20.4. The number of nitrogens with zero attached hydrogens (tertiary/aromatic N) is 3. The van der Waals surface area contributed by atoms with E-state index in [1.54, 1.807) is 36.1 Å². The van der Waals surface area contributed by atoms with Gasteiger partial charge in [-0.05, 0) is 42.3 Å². The van der Waals surface area contributed by atoms with Crippen LogP contribution in [0.3, 0.4) is 0 Å². The normalized spacial score (nSPS) is 16.0. The first-order valence-electron chi connectivity index (χ1n) is 10.7. The topological polar surface area (TPSA) is 71.3 Å². The van der Waals surface area contributed by atoms with E-state index < -0.39 is 17.7 Å². The van der Waals surface area contributed by atoms with Gasteiger partial charge in [0.25, 0.3) is 5.89 Å². The van der Waals surface area contributed by atoms with Gasteiger partial charge in [0.2, 0.25) is 5.82 Å². The largest absolute Gasteiger partial charge is 0.334 e. The van der Waals surface area contributed by atoms with Crippen LogP contribution in [0.1, 0.15) is 30.0 Å². The number of amides is 2. The lowest BCUT2D eigenvalue weighted by Crippen LogP contribution is -2.45. The van der Waals surface area contributed by atoms with Crippen LogP contribution in [0.25, 0.3) is 17.0 Å². The first-order chi connectivity index (χ1) is 16.5. The summed E-state index contributed by atoms with van der Waals surface area (Å²) in [5, 5.41) is 6.96. The first kappa shape index (κ1) is 21.5. The van der Waals surface area contributed by atoms with E-state index in [1.165, 1.54) is 24.3 Å². The Morgan fingerprint density at radius 1 is 0.971 bits per heavy atom. The Morgan fingerprint density at radius 2 is 1.71 bits per heavy atom. The van der Waals surface area contributed by atoms with Gasteiger partial charge < -0.3 is 9.84 Å². The SMILES string of the molecule is CC1=C(c2nc(-c3cccc(F)c3)no2)C(c2cccc(F)c2)NC(=O)N1Cc1ccccc1. The number of rotatable bonds is 5. The van der Waals surface area contributed by atoms with Crippen molar-refractivity contribution in [1.29, 1.82) is 0 Å². The second kappa shape index (κ2) is 8.90. The fourth-order valence-corrected chi connectivity index (χ4v) is 4.03. The molecule has 1 N–H and O–H groups in total. The second-order valence-corrected chi connectivity index (χ2v) is 7.94. The van der Waals surface area contributed by atoms with Crippen molar-refractivity contribution < 1.29 is 18.1 Å². The van der Waals surface area contributed by atoms with Crippen LogP contribution in [0.2, 0.25) is 0 Å². The Morgan fingerprint density at radius 3 is 2.44 bits per heavy atom. The molecule has 6 nitrogen and oxygen atoms in total. The molecule has 1 aliphatic rings. The Hall–Kier alpha value is -4.33. The molecule has 2 amide bonds. The maximum atomic E-state index is 14.0. The highest BCUT2D eigenvalue weighted by Crippen LogP contribution is 2.38. The van der Waals surface area contributed by atoms with Crippen molar-refractivity contribution in [2.75, 3.05) is 0 Å². The summed E-state index contributed by atoms with van der Waals surface area (Å²) in [5.74, 6) is -0.485. The number of carbonyl (C=O) groups excluding carboxylic acids is 1. The molecule has 0 saturated carbocycles. The van der Waals surface area contributed by atoms with Crippen molar-refractivity contribution in [2.24, 2.45) is 0 Å². The average Bonchev–Trinajstić information content (AvgIpc) is 3.32. The number of aromatic nitrogens is 2. The molecule has 1 aromatic heterocycles. The van der Waals surface area contributed by atoms with Crippen LogP contribution >= 0.6 is 0 Å². The molecule has 8 heteroatoms. The average molecular weight is 458 g/mol. The molecule has 0 aliphatic carbocycles. The van der Waals surface area contributed by atoms with Gasteiger partial charge in [-0.15, -0.1) is 0 Å². The van der Waals surface area contributed by atoms with Gasteiger partial charge in [-0.25, -0.2) is 13.6 Å². The third kappa shape index (κ3) is 4.17. The molecule has 1 aliphatic heterocycles. The van der Waals surface area contributed by atoms with Crippen LogP contribution in [0.5, 0.6) is 0 Å². The molecule has 34 heavy (non-hydrogen) atoms. The lowest BCUT2D eigenvalue weighted by molar-refractivity contribution is 0.203. The molecule has 3 aromatic carbocycles. The summed E-state index contributed by atoms with van der Waals surface area (Å²) in [6.07, 6.45) is 0. The molecule has 2 heterocycles. The molecule has 0 saturated heterocycles. The van der Waals surface area contributed by atoms with Crippen molar-refractivity contribution in [3.8, 4) is 11.4 Å². The van der Waals surface area contributed by atoms with Gasteiger partial charge in [-0.3, -0.25) is 4.90 Å². The highest BCUT2D eigenvalue weighted by atomic mass is 19.1. The Kier molecular flexibility index (Phi) is 5.63. The van der Waals surface area contributed by atoms with Crippen molar-refractivity contribution in [3.05, 3.63) is 113 Å². The van der Waals surface area contributed by atoms with Crippen molar-refractivity contribution in [2.45, 2.75) is 19.5 Å². The van der Waals surface area contributed by atoms with E-state index in [1.807, 2.05) is 30.3 Å². The quantitative estimate of drug-likeness (QED) is 0.416. The van der Waals surface area contributed by atoms with Gasteiger partial charge in [-0.2, -0.15) is 4.98 Å². The Balaban J connectivity index is 1.61. The number of urea groups is 1. The molecular weight excluding hydrogens is 438 g/mol.